The second kappa shape index (κ2) is 10.5. The van der Waals surface area contributed by atoms with Gasteiger partial charge in [-0.3, -0.25) is 9.59 Å². The molecule has 4 aromatic heterocycles. The van der Waals surface area contributed by atoms with E-state index in [1.54, 1.807) is 6.20 Å². The van der Waals surface area contributed by atoms with Crippen LogP contribution in [0.2, 0.25) is 0 Å². The Morgan fingerprint density at radius 2 is 1.64 bits per heavy atom. The van der Waals surface area contributed by atoms with E-state index in [0.717, 1.165) is 80.3 Å². The van der Waals surface area contributed by atoms with Crippen LogP contribution in [0.3, 0.4) is 0 Å². The molecule has 5 heterocycles. The number of aromatic nitrogens is 3. The van der Waals surface area contributed by atoms with Crippen LogP contribution in [0, 0.1) is 13.8 Å². The molecule has 200 valence electrons. The van der Waals surface area contributed by atoms with E-state index < -0.39 is 11.7 Å². The highest BCUT2D eigenvalue weighted by Crippen LogP contribution is 2.37. The number of amides is 1. The summed E-state index contributed by atoms with van der Waals surface area (Å²) in [6.07, 6.45) is 7.92. The molecule has 1 saturated carbocycles. The molecular weight excluding hydrogens is 488 g/mol. The summed E-state index contributed by atoms with van der Waals surface area (Å²) in [6, 6.07) is 15.8. The number of fused-ring (bicyclic) bond motifs is 1. The number of nitrogens with one attached hydrogen (secondary N) is 1. The third-order valence-corrected chi connectivity index (χ3v) is 7.94. The lowest BCUT2D eigenvalue weighted by Gasteiger charge is -2.36. The van der Waals surface area contributed by atoms with E-state index >= 15 is 0 Å². The van der Waals surface area contributed by atoms with Crippen LogP contribution in [0.15, 0.2) is 60.9 Å². The molecule has 8 nitrogen and oxygen atoms in total. The number of piperazine rings is 1. The maximum atomic E-state index is 13.4. The van der Waals surface area contributed by atoms with Gasteiger partial charge in [0.15, 0.2) is 0 Å². The molecular formula is C31H34N6O2. The van der Waals surface area contributed by atoms with Crippen molar-refractivity contribution in [3.05, 3.63) is 83.4 Å². The smallest absolute Gasteiger partial charge is 0.298 e. The molecule has 0 atom stereocenters. The largest absolute Gasteiger partial charge is 0.353 e. The summed E-state index contributed by atoms with van der Waals surface area (Å²) in [4.78, 5) is 40.4. The molecule has 1 amide bonds. The molecule has 0 spiro atoms. The van der Waals surface area contributed by atoms with E-state index in [0.29, 0.717) is 17.3 Å². The molecule has 4 aromatic rings. The van der Waals surface area contributed by atoms with Crippen LogP contribution in [0.5, 0.6) is 0 Å². The number of Topliss-reactive ketones (excluding diaryl/α,β-unsaturated/α-hetero) is 1. The monoisotopic (exact) mass is 522 g/mol. The Kier molecular flexibility index (Phi) is 6.77. The van der Waals surface area contributed by atoms with Gasteiger partial charge >= 0.3 is 0 Å². The molecule has 6 rings (SSSR count). The van der Waals surface area contributed by atoms with E-state index in [-0.39, 0.29) is 0 Å². The van der Waals surface area contributed by atoms with Crippen molar-refractivity contribution in [3.8, 4) is 0 Å². The van der Waals surface area contributed by atoms with Crippen LogP contribution in [-0.2, 0) is 4.79 Å². The number of hydrogen-bond donors (Lipinski definition) is 1. The number of nitrogens with zero attached hydrogens (tertiary/aromatic N) is 5. The van der Waals surface area contributed by atoms with Gasteiger partial charge < -0.3 is 19.5 Å². The lowest BCUT2D eigenvalue weighted by Crippen LogP contribution is -2.47. The Morgan fingerprint density at radius 3 is 2.33 bits per heavy atom. The number of carbonyl (C=O) groups is 2. The summed E-state index contributed by atoms with van der Waals surface area (Å²) in [5, 5.41) is 2.78. The Balaban J connectivity index is 1.12. The first-order valence-corrected chi connectivity index (χ1v) is 13.8. The lowest BCUT2D eigenvalue weighted by molar-refractivity contribution is -0.112. The van der Waals surface area contributed by atoms with Crippen molar-refractivity contribution in [2.45, 2.75) is 45.4 Å². The summed E-state index contributed by atoms with van der Waals surface area (Å²) in [7, 11) is 0. The maximum Gasteiger partial charge on any atom is 0.298 e. The molecule has 39 heavy (non-hydrogen) atoms. The molecule has 1 aliphatic heterocycles. The summed E-state index contributed by atoms with van der Waals surface area (Å²) < 4.78 is 1.85. The fourth-order valence-electron chi connectivity index (χ4n) is 6.02. The molecule has 8 heteroatoms. The van der Waals surface area contributed by atoms with Crippen LogP contribution in [0.25, 0.3) is 5.52 Å². The van der Waals surface area contributed by atoms with E-state index in [9.17, 15) is 9.59 Å². The maximum absolute atomic E-state index is 13.4. The summed E-state index contributed by atoms with van der Waals surface area (Å²) >= 11 is 0. The Bertz CT molecular complexity index is 1490. The van der Waals surface area contributed by atoms with Gasteiger partial charge in [-0.05, 0) is 86.2 Å². The highest BCUT2D eigenvalue weighted by atomic mass is 16.2. The van der Waals surface area contributed by atoms with Crippen molar-refractivity contribution in [1.82, 2.24) is 14.4 Å². The van der Waals surface area contributed by atoms with Gasteiger partial charge in [-0.25, -0.2) is 9.97 Å². The molecule has 0 bridgehead atoms. The number of carbonyl (C=O) groups excluding carboxylic acids is 2. The van der Waals surface area contributed by atoms with Gasteiger partial charge in [-0.1, -0.05) is 18.9 Å². The van der Waals surface area contributed by atoms with Gasteiger partial charge in [-0.2, -0.15) is 0 Å². The zero-order valence-electron chi connectivity index (χ0n) is 22.6. The fraction of sp³-hybridized carbons (Fsp3) is 0.355. The average molecular weight is 523 g/mol. The van der Waals surface area contributed by atoms with E-state index in [1.165, 1.54) is 5.56 Å². The Hall–Kier alpha value is -4.20. The Morgan fingerprint density at radius 1 is 0.897 bits per heavy atom. The van der Waals surface area contributed by atoms with Crippen molar-refractivity contribution in [3.63, 3.8) is 0 Å². The van der Waals surface area contributed by atoms with Gasteiger partial charge in [0.2, 0.25) is 0 Å². The number of ketones is 1. The quantitative estimate of drug-likeness (QED) is 0.279. The number of hydrogen-bond acceptors (Lipinski definition) is 6. The molecule has 1 N–H and O–H groups in total. The molecule has 0 aromatic carbocycles. The molecule has 0 unspecified atom stereocenters. The van der Waals surface area contributed by atoms with Crippen LogP contribution < -0.4 is 15.1 Å². The van der Waals surface area contributed by atoms with Crippen LogP contribution in [0.1, 0.15) is 58.9 Å². The third kappa shape index (κ3) is 5.11. The predicted molar refractivity (Wildman–Crippen MR) is 154 cm³/mol. The van der Waals surface area contributed by atoms with E-state index in [2.05, 4.69) is 45.2 Å². The minimum atomic E-state index is -0.637. The van der Waals surface area contributed by atoms with Crippen LogP contribution in [0.4, 0.5) is 17.3 Å². The van der Waals surface area contributed by atoms with Crippen molar-refractivity contribution >= 4 is 34.5 Å². The third-order valence-electron chi connectivity index (χ3n) is 7.94. The first kappa shape index (κ1) is 25.1. The Labute approximate surface area is 228 Å². The second-order valence-electron chi connectivity index (χ2n) is 10.7. The normalized spacial score (nSPS) is 16.2. The topological polar surface area (TPSA) is 82.8 Å². The lowest BCUT2D eigenvalue weighted by atomic mass is 9.96. The zero-order chi connectivity index (χ0) is 26.9. The minimum Gasteiger partial charge on any atom is -0.353 e. The number of anilines is 3. The van der Waals surface area contributed by atoms with Gasteiger partial charge in [0.1, 0.15) is 17.3 Å². The van der Waals surface area contributed by atoms with Crippen molar-refractivity contribution < 1.29 is 9.59 Å². The predicted octanol–water partition coefficient (Wildman–Crippen LogP) is 5.15. The van der Waals surface area contributed by atoms with Gasteiger partial charge in [0.05, 0.1) is 11.9 Å². The van der Waals surface area contributed by atoms with Crippen molar-refractivity contribution in [1.29, 1.82) is 0 Å². The summed E-state index contributed by atoms with van der Waals surface area (Å²) in [5.41, 5.74) is 5.18. The standard InChI is InChI=1S/C31H34N6O2/c1-21-17-22(2)33-28(18-21)36-15-13-35(14-16-36)27-11-10-24(20-32-27)34-31(39)30(38)29-26(23-7-3-4-8-23)19-25-9-5-6-12-37(25)29/h5-6,9-12,17-20,23H,3-4,7-8,13-16H2,1-2H3,(H,34,39). The van der Waals surface area contributed by atoms with E-state index in [4.69, 9.17) is 4.98 Å². The minimum absolute atomic E-state index is 0.323. The van der Waals surface area contributed by atoms with Crippen molar-refractivity contribution in [2.75, 3.05) is 41.3 Å². The molecule has 2 fully saturated rings. The molecule has 0 radical (unpaired) electrons. The van der Waals surface area contributed by atoms with Crippen LogP contribution in [-0.4, -0.2) is 52.2 Å². The van der Waals surface area contributed by atoms with Gasteiger partial charge in [0, 0.05) is 43.6 Å². The van der Waals surface area contributed by atoms with Gasteiger partial charge in [0.25, 0.3) is 11.7 Å². The zero-order valence-corrected chi connectivity index (χ0v) is 22.6. The average Bonchev–Trinajstić information content (AvgIpc) is 3.61. The number of pyridine rings is 3. The first-order valence-electron chi connectivity index (χ1n) is 13.8. The van der Waals surface area contributed by atoms with E-state index in [1.807, 2.05) is 47.9 Å². The molecule has 2 aliphatic rings. The van der Waals surface area contributed by atoms with Crippen LogP contribution >= 0.6 is 0 Å². The SMILES string of the molecule is Cc1cc(C)nc(N2CCN(c3ccc(NC(=O)C(=O)c4c(C5CCCC5)cc5ccccn45)cn3)CC2)c1. The summed E-state index contributed by atoms with van der Waals surface area (Å²) in [5.74, 6) is 1.05. The number of aryl methyl sites for hydroxylation is 2. The highest BCUT2D eigenvalue weighted by Gasteiger charge is 2.29. The van der Waals surface area contributed by atoms with Crippen molar-refractivity contribution in [2.24, 2.45) is 0 Å². The molecule has 1 aliphatic carbocycles. The first-order chi connectivity index (χ1) is 19.0. The molecule has 1 saturated heterocycles. The fourth-order valence-corrected chi connectivity index (χ4v) is 6.02. The number of rotatable bonds is 6. The highest BCUT2D eigenvalue weighted by molar-refractivity contribution is 6.46. The summed E-state index contributed by atoms with van der Waals surface area (Å²) in [6.45, 7) is 7.51. The second-order valence-corrected chi connectivity index (χ2v) is 10.7. The van der Waals surface area contributed by atoms with Gasteiger partial charge in [-0.15, -0.1) is 0 Å².